The van der Waals surface area contributed by atoms with Gasteiger partial charge >= 0.3 is 0 Å². The summed E-state index contributed by atoms with van der Waals surface area (Å²) in [5, 5.41) is 0. The summed E-state index contributed by atoms with van der Waals surface area (Å²) >= 11 is 0. The number of carbonyl (C=O) groups is 1. The number of hydrogen-bond acceptors (Lipinski definition) is 2. The van der Waals surface area contributed by atoms with E-state index in [0.29, 0.717) is 5.76 Å². The number of piperazine rings is 1. The molecule has 0 atom stereocenters. The van der Waals surface area contributed by atoms with Crippen LogP contribution in [-0.2, 0) is 0 Å². The van der Waals surface area contributed by atoms with Crippen molar-refractivity contribution in [2.24, 2.45) is 23.7 Å². The Labute approximate surface area is 137 Å². The summed E-state index contributed by atoms with van der Waals surface area (Å²) in [6.45, 7) is 4.02. The molecule has 23 heavy (non-hydrogen) atoms. The zero-order chi connectivity index (χ0) is 15.4. The quantitative estimate of drug-likeness (QED) is 0.897. The maximum absolute atomic E-state index is 12.4. The first-order valence-electron chi connectivity index (χ1n) is 9.45. The summed E-state index contributed by atoms with van der Waals surface area (Å²) in [5.74, 6) is 4.62. The third-order valence-corrected chi connectivity index (χ3v) is 7.12. The van der Waals surface area contributed by atoms with E-state index in [1.54, 1.807) is 23.3 Å². The minimum atomic E-state index is 0.0686. The predicted octanol–water partition coefficient (Wildman–Crippen LogP) is 1.44. The highest BCUT2D eigenvalue weighted by Gasteiger charge is 2.52. The molecule has 0 radical (unpaired) electrons. The first kappa shape index (κ1) is 14.1. The van der Waals surface area contributed by atoms with Crippen LogP contribution in [0.25, 0.3) is 0 Å². The second-order valence-corrected chi connectivity index (χ2v) is 8.38. The molecule has 1 aliphatic heterocycles. The molecule has 1 aromatic rings. The van der Waals surface area contributed by atoms with Crippen LogP contribution in [-0.4, -0.2) is 43.0 Å². The molecule has 4 nitrogen and oxygen atoms in total. The standard InChI is InChI=1S/C19H26N2O2/c22-19(17-2-1-7-23-17)21-5-3-20(4-6-21)18-15-9-13-8-14(11-15)12-16(18)10-13/h1-2,7,13-16,18H,3-6,8-12H2/p+1. The Morgan fingerprint density at radius 1 is 1.04 bits per heavy atom. The van der Waals surface area contributed by atoms with Crippen molar-refractivity contribution in [1.82, 2.24) is 4.90 Å². The van der Waals surface area contributed by atoms with Gasteiger partial charge in [-0.25, -0.2) is 0 Å². The lowest BCUT2D eigenvalue weighted by Gasteiger charge is -2.56. The highest BCUT2D eigenvalue weighted by molar-refractivity contribution is 5.91. The van der Waals surface area contributed by atoms with Crippen LogP contribution in [0.1, 0.15) is 42.7 Å². The molecule has 0 spiro atoms. The van der Waals surface area contributed by atoms with Crippen LogP contribution in [0.2, 0.25) is 0 Å². The zero-order valence-electron chi connectivity index (χ0n) is 13.7. The number of carbonyl (C=O) groups excluding carboxylic acids is 1. The van der Waals surface area contributed by atoms with Crippen molar-refractivity contribution in [1.29, 1.82) is 0 Å². The van der Waals surface area contributed by atoms with Crippen LogP contribution >= 0.6 is 0 Å². The lowest BCUT2D eigenvalue weighted by Crippen LogP contribution is -3.20. The van der Waals surface area contributed by atoms with Crippen molar-refractivity contribution < 1.29 is 14.1 Å². The normalized spacial score (nSPS) is 39.8. The average Bonchev–Trinajstić information content (AvgIpc) is 3.08. The maximum atomic E-state index is 12.4. The van der Waals surface area contributed by atoms with Gasteiger partial charge in [0, 0.05) is 11.8 Å². The first-order chi connectivity index (χ1) is 11.3. The molecule has 4 bridgehead atoms. The Balaban J connectivity index is 1.24. The fraction of sp³-hybridized carbons (Fsp3) is 0.737. The van der Waals surface area contributed by atoms with Gasteiger partial charge in [-0.1, -0.05) is 0 Å². The average molecular weight is 315 g/mol. The maximum Gasteiger partial charge on any atom is 0.289 e. The van der Waals surface area contributed by atoms with E-state index in [2.05, 4.69) is 0 Å². The molecule has 4 aliphatic carbocycles. The Morgan fingerprint density at radius 3 is 2.26 bits per heavy atom. The van der Waals surface area contributed by atoms with E-state index in [1.165, 1.54) is 32.1 Å². The number of rotatable bonds is 2. The third-order valence-electron chi connectivity index (χ3n) is 7.12. The number of hydrogen-bond donors (Lipinski definition) is 1. The number of nitrogens with one attached hydrogen (secondary N) is 1. The van der Waals surface area contributed by atoms with E-state index in [1.807, 2.05) is 4.90 Å². The molecule has 1 aromatic heterocycles. The molecule has 4 saturated carbocycles. The summed E-state index contributed by atoms with van der Waals surface area (Å²) in [7, 11) is 0. The van der Waals surface area contributed by atoms with E-state index in [9.17, 15) is 4.79 Å². The molecule has 1 N–H and O–H groups in total. The topological polar surface area (TPSA) is 37.9 Å². The molecule has 6 rings (SSSR count). The molecule has 1 saturated heterocycles. The number of amides is 1. The summed E-state index contributed by atoms with van der Waals surface area (Å²) in [5.41, 5.74) is 0. The SMILES string of the molecule is O=C(c1ccco1)N1CC[NH+](C2C3CC4CC(C3)CC2C4)CC1. The molecule has 0 aromatic carbocycles. The zero-order valence-corrected chi connectivity index (χ0v) is 13.7. The largest absolute Gasteiger partial charge is 0.459 e. The van der Waals surface area contributed by atoms with Crippen molar-refractivity contribution in [3.63, 3.8) is 0 Å². The van der Waals surface area contributed by atoms with Crippen LogP contribution in [0.5, 0.6) is 0 Å². The number of quaternary nitrogens is 1. The van der Waals surface area contributed by atoms with Gasteiger partial charge in [-0.15, -0.1) is 0 Å². The van der Waals surface area contributed by atoms with E-state index >= 15 is 0 Å². The fourth-order valence-electron chi connectivity index (χ4n) is 6.48. The third kappa shape index (κ3) is 2.34. The van der Waals surface area contributed by atoms with Gasteiger partial charge in [0.25, 0.3) is 5.91 Å². The van der Waals surface area contributed by atoms with Crippen molar-refractivity contribution in [2.45, 2.75) is 38.1 Å². The highest BCUT2D eigenvalue weighted by Crippen LogP contribution is 2.53. The lowest BCUT2D eigenvalue weighted by atomic mass is 9.54. The molecule has 0 unspecified atom stereocenters. The molecular weight excluding hydrogens is 288 g/mol. The van der Waals surface area contributed by atoms with E-state index in [0.717, 1.165) is 55.9 Å². The smallest absolute Gasteiger partial charge is 0.289 e. The summed E-state index contributed by atoms with van der Waals surface area (Å²) in [6, 6.07) is 4.46. The fourth-order valence-corrected chi connectivity index (χ4v) is 6.48. The van der Waals surface area contributed by atoms with Crippen molar-refractivity contribution in [2.75, 3.05) is 26.2 Å². The van der Waals surface area contributed by atoms with Gasteiger partial charge in [0.1, 0.15) is 0 Å². The van der Waals surface area contributed by atoms with Gasteiger partial charge in [0.05, 0.1) is 38.5 Å². The second kappa shape index (κ2) is 5.37. The van der Waals surface area contributed by atoms with Crippen molar-refractivity contribution in [3.05, 3.63) is 24.2 Å². The van der Waals surface area contributed by atoms with Gasteiger partial charge in [0.15, 0.2) is 5.76 Å². The Hall–Kier alpha value is -1.29. The van der Waals surface area contributed by atoms with Gasteiger partial charge < -0.3 is 14.2 Å². The van der Waals surface area contributed by atoms with E-state index in [4.69, 9.17) is 4.42 Å². The first-order valence-corrected chi connectivity index (χ1v) is 9.45. The van der Waals surface area contributed by atoms with Crippen molar-refractivity contribution >= 4 is 5.91 Å². The lowest BCUT2D eigenvalue weighted by molar-refractivity contribution is -0.939. The molecule has 124 valence electrons. The van der Waals surface area contributed by atoms with E-state index < -0.39 is 0 Å². The summed E-state index contributed by atoms with van der Waals surface area (Å²) < 4.78 is 5.27. The van der Waals surface area contributed by atoms with Gasteiger partial charge in [-0.05, 0) is 56.1 Å². The molecule has 2 heterocycles. The van der Waals surface area contributed by atoms with Crippen molar-refractivity contribution in [3.8, 4) is 0 Å². The monoisotopic (exact) mass is 315 g/mol. The number of nitrogens with zero attached hydrogens (tertiary/aromatic N) is 1. The van der Waals surface area contributed by atoms with E-state index in [-0.39, 0.29) is 5.91 Å². The molecular formula is C19H27N2O2+. The van der Waals surface area contributed by atoms with Crippen LogP contribution in [0.4, 0.5) is 0 Å². The second-order valence-electron chi connectivity index (χ2n) is 8.38. The Kier molecular flexibility index (Phi) is 3.29. The van der Waals surface area contributed by atoms with Gasteiger partial charge in [-0.2, -0.15) is 0 Å². The molecule has 1 amide bonds. The minimum absolute atomic E-state index is 0.0686. The van der Waals surface area contributed by atoms with Gasteiger partial charge in [0.2, 0.25) is 0 Å². The van der Waals surface area contributed by atoms with Crippen LogP contribution in [0.15, 0.2) is 22.8 Å². The molecule has 4 heteroatoms. The van der Waals surface area contributed by atoms with Crippen LogP contribution < -0.4 is 4.90 Å². The Bertz CT molecular complexity index is 546. The van der Waals surface area contributed by atoms with Gasteiger partial charge in [-0.3, -0.25) is 4.79 Å². The molecule has 5 aliphatic rings. The van der Waals surface area contributed by atoms with Crippen LogP contribution in [0.3, 0.4) is 0 Å². The van der Waals surface area contributed by atoms with Crippen LogP contribution in [0, 0.1) is 23.7 Å². The summed E-state index contributed by atoms with van der Waals surface area (Å²) in [4.78, 5) is 16.2. The highest BCUT2D eigenvalue weighted by atomic mass is 16.3. The summed E-state index contributed by atoms with van der Waals surface area (Å²) in [6.07, 6.45) is 9.10. The minimum Gasteiger partial charge on any atom is -0.459 e. The predicted molar refractivity (Wildman–Crippen MR) is 86.1 cm³/mol. The Morgan fingerprint density at radius 2 is 1.70 bits per heavy atom. The molecule has 5 fully saturated rings. The number of furan rings is 1.